The largest absolute Gasteiger partial charge is 0.507 e. The molecule has 1 aliphatic rings. The number of benzene rings is 3. The van der Waals surface area contributed by atoms with Crippen LogP contribution in [0.25, 0.3) is 33.4 Å². The first kappa shape index (κ1) is 26.6. The SMILES string of the molecule is COC(=O)c1cc(C(=O)OC)cc(-c2ccc(C3CC(=O)Oc4cc(O)c5c(=O)c(-c6ccccc6)coc5c43)o2)c1. The number of aromatic hydroxyl groups is 1. The van der Waals surface area contributed by atoms with Crippen LogP contribution in [0.1, 0.15) is 44.4 Å². The molecule has 5 aromatic rings. The number of carbonyl (C=O) groups is 3. The van der Waals surface area contributed by atoms with Crippen LogP contribution in [0.4, 0.5) is 0 Å². The highest BCUT2D eigenvalue weighted by molar-refractivity contribution is 5.97. The van der Waals surface area contributed by atoms with Gasteiger partial charge in [-0.15, -0.1) is 0 Å². The van der Waals surface area contributed by atoms with E-state index in [-0.39, 0.29) is 51.3 Å². The zero-order chi connectivity index (χ0) is 29.5. The molecule has 0 bridgehead atoms. The first-order valence-corrected chi connectivity index (χ1v) is 12.8. The van der Waals surface area contributed by atoms with Gasteiger partial charge in [-0.3, -0.25) is 9.59 Å². The minimum absolute atomic E-state index is 0.0375. The summed E-state index contributed by atoms with van der Waals surface area (Å²) in [5.74, 6) is -2.37. The van der Waals surface area contributed by atoms with Crippen LogP contribution in [-0.4, -0.2) is 37.2 Å². The van der Waals surface area contributed by atoms with Gasteiger partial charge in [0.05, 0.1) is 43.2 Å². The Bertz CT molecular complexity index is 1910. The van der Waals surface area contributed by atoms with Gasteiger partial charge < -0.3 is 28.2 Å². The quantitative estimate of drug-likeness (QED) is 0.216. The smallest absolute Gasteiger partial charge is 0.337 e. The highest BCUT2D eigenvalue weighted by Crippen LogP contribution is 2.46. The molecule has 42 heavy (non-hydrogen) atoms. The number of hydrogen-bond acceptors (Lipinski definition) is 10. The maximum Gasteiger partial charge on any atom is 0.337 e. The lowest BCUT2D eigenvalue weighted by Crippen LogP contribution is -2.21. The first-order chi connectivity index (χ1) is 20.3. The van der Waals surface area contributed by atoms with Gasteiger partial charge in [-0.25, -0.2) is 9.59 Å². The molecule has 0 spiro atoms. The lowest BCUT2D eigenvalue weighted by Gasteiger charge is -2.24. The summed E-state index contributed by atoms with van der Waals surface area (Å²) >= 11 is 0. The summed E-state index contributed by atoms with van der Waals surface area (Å²) in [4.78, 5) is 50.7. The van der Waals surface area contributed by atoms with Gasteiger partial charge in [0.1, 0.15) is 40.3 Å². The normalized spacial score (nSPS) is 14.2. The Balaban J connectivity index is 1.49. The summed E-state index contributed by atoms with van der Waals surface area (Å²) in [5, 5.41) is 10.8. The molecule has 3 aromatic carbocycles. The molecule has 0 saturated heterocycles. The van der Waals surface area contributed by atoms with E-state index in [1.807, 2.05) is 6.07 Å². The molecule has 0 aliphatic carbocycles. The van der Waals surface area contributed by atoms with Crippen LogP contribution in [0.3, 0.4) is 0 Å². The number of carbonyl (C=O) groups excluding carboxylic acids is 3. The molecular formula is C32H22O10. The molecular weight excluding hydrogens is 544 g/mol. The summed E-state index contributed by atoms with van der Waals surface area (Å²) in [6, 6.07) is 17.7. The second-order valence-corrected chi connectivity index (χ2v) is 9.57. The molecule has 0 radical (unpaired) electrons. The van der Waals surface area contributed by atoms with E-state index in [1.54, 1.807) is 36.4 Å². The summed E-state index contributed by atoms with van der Waals surface area (Å²) in [5.41, 5.74) is 1.45. The second kappa shape index (κ2) is 10.4. The van der Waals surface area contributed by atoms with Crippen LogP contribution in [0.5, 0.6) is 11.5 Å². The van der Waals surface area contributed by atoms with Crippen molar-refractivity contribution in [3.63, 3.8) is 0 Å². The van der Waals surface area contributed by atoms with Crippen LogP contribution < -0.4 is 10.2 Å². The number of hydrogen-bond donors (Lipinski definition) is 1. The fourth-order valence-corrected chi connectivity index (χ4v) is 5.13. The molecule has 210 valence electrons. The van der Waals surface area contributed by atoms with E-state index in [9.17, 15) is 24.3 Å². The summed E-state index contributed by atoms with van der Waals surface area (Å²) < 4.78 is 27.2. The van der Waals surface area contributed by atoms with Gasteiger partial charge in [0.2, 0.25) is 5.43 Å². The number of furan rings is 1. The third-order valence-electron chi connectivity index (χ3n) is 7.09. The third kappa shape index (κ3) is 4.48. The molecule has 10 nitrogen and oxygen atoms in total. The minimum Gasteiger partial charge on any atom is -0.507 e. The van der Waals surface area contributed by atoms with E-state index in [4.69, 9.17) is 23.0 Å². The van der Waals surface area contributed by atoms with E-state index in [1.165, 1.54) is 44.7 Å². The van der Waals surface area contributed by atoms with Gasteiger partial charge in [0.25, 0.3) is 0 Å². The molecule has 2 aromatic heterocycles. The van der Waals surface area contributed by atoms with Crippen molar-refractivity contribution in [2.45, 2.75) is 12.3 Å². The van der Waals surface area contributed by atoms with Crippen LogP contribution in [0.15, 0.2) is 86.6 Å². The van der Waals surface area contributed by atoms with E-state index >= 15 is 0 Å². The molecule has 6 rings (SSSR count). The molecule has 1 unspecified atom stereocenters. The minimum atomic E-state index is -0.743. The number of fused-ring (bicyclic) bond motifs is 3. The fraction of sp³-hybridized carbons (Fsp3) is 0.125. The maximum absolute atomic E-state index is 13.5. The molecule has 1 atom stereocenters. The molecule has 0 fully saturated rings. The average Bonchev–Trinajstić information content (AvgIpc) is 3.50. The van der Waals surface area contributed by atoms with Crippen LogP contribution >= 0.6 is 0 Å². The fourth-order valence-electron chi connectivity index (χ4n) is 5.13. The highest BCUT2D eigenvalue weighted by Gasteiger charge is 2.35. The summed E-state index contributed by atoms with van der Waals surface area (Å²) in [6.07, 6.45) is 1.17. The highest BCUT2D eigenvalue weighted by atomic mass is 16.5. The van der Waals surface area contributed by atoms with Crippen LogP contribution in [-0.2, 0) is 14.3 Å². The van der Waals surface area contributed by atoms with Crippen LogP contribution in [0.2, 0.25) is 0 Å². The number of ether oxygens (including phenoxy) is 3. The standard InChI is InChI=1S/C32H22O10/c1-38-31(36)18-10-17(11-19(12-18)32(37)39-2)23-8-9-24(41-23)20-13-26(34)42-25-14-22(33)28-29(35)21(15-40-30(28)27(20)25)16-6-4-3-5-7-16/h3-12,14-15,20,33H,13H2,1-2H3. The zero-order valence-electron chi connectivity index (χ0n) is 22.3. The Morgan fingerprint density at radius 2 is 1.57 bits per heavy atom. The number of phenols is 1. The van der Waals surface area contributed by atoms with Crippen LogP contribution in [0, 0.1) is 0 Å². The monoisotopic (exact) mass is 566 g/mol. The van der Waals surface area contributed by atoms with Crippen molar-refractivity contribution in [3.8, 4) is 33.9 Å². The molecule has 10 heteroatoms. The van der Waals surface area contributed by atoms with Gasteiger partial charge in [-0.05, 0) is 35.9 Å². The van der Waals surface area contributed by atoms with Crippen molar-refractivity contribution in [2.75, 3.05) is 14.2 Å². The van der Waals surface area contributed by atoms with Crippen molar-refractivity contribution in [1.82, 2.24) is 0 Å². The maximum atomic E-state index is 13.5. The van der Waals surface area contributed by atoms with Crippen molar-refractivity contribution < 1.29 is 42.5 Å². The second-order valence-electron chi connectivity index (χ2n) is 9.57. The number of rotatable bonds is 5. The Morgan fingerprint density at radius 1 is 0.881 bits per heavy atom. The average molecular weight is 567 g/mol. The number of esters is 3. The predicted molar refractivity (Wildman–Crippen MR) is 149 cm³/mol. The van der Waals surface area contributed by atoms with Gasteiger partial charge in [0, 0.05) is 17.2 Å². The van der Waals surface area contributed by atoms with E-state index in [0.717, 1.165) is 0 Å². The number of methoxy groups -OCH3 is 2. The van der Waals surface area contributed by atoms with Gasteiger partial charge >= 0.3 is 17.9 Å². The van der Waals surface area contributed by atoms with Crippen molar-refractivity contribution in [3.05, 3.63) is 106 Å². The summed E-state index contributed by atoms with van der Waals surface area (Å²) in [7, 11) is 2.45. The Hall–Kier alpha value is -5.64. The number of phenolic OH excluding ortho intramolecular Hbond substituents is 1. The molecule has 1 N–H and O–H groups in total. The third-order valence-corrected chi connectivity index (χ3v) is 7.09. The van der Waals surface area contributed by atoms with Crippen molar-refractivity contribution in [2.24, 2.45) is 0 Å². The first-order valence-electron chi connectivity index (χ1n) is 12.8. The van der Waals surface area contributed by atoms with Gasteiger partial charge in [-0.2, -0.15) is 0 Å². The Morgan fingerprint density at radius 3 is 2.24 bits per heavy atom. The molecule has 1 aliphatic heterocycles. The predicted octanol–water partition coefficient (Wildman–Crippen LogP) is 5.44. The van der Waals surface area contributed by atoms with E-state index < -0.39 is 29.3 Å². The van der Waals surface area contributed by atoms with Gasteiger partial charge in [0.15, 0.2) is 0 Å². The Labute approximate surface area is 237 Å². The summed E-state index contributed by atoms with van der Waals surface area (Å²) in [6.45, 7) is 0. The topological polar surface area (TPSA) is 142 Å². The zero-order valence-corrected chi connectivity index (χ0v) is 22.3. The Kier molecular flexibility index (Phi) is 6.58. The lowest BCUT2D eigenvalue weighted by molar-refractivity contribution is -0.135. The molecule has 3 heterocycles. The lowest BCUT2D eigenvalue weighted by atomic mass is 9.88. The van der Waals surface area contributed by atoms with Gasteiger partial charge in [-0.1, -0.05) is 30.3 Å². The molecule has 0 saturated carbocycles. The van der Waals surface area contributed by atoms with Crippen molar-refractivity contribution in [1.29, 1.82) is 0 Å². The molecule has 0 amide bonds. The van der Waals surface area contributed by atoms with E-state index in [2.05, 4.69) is 0 Å². The van der Waals surface area contributed by atoms with E-state index in [0.29, 0.717) is 22.5 Å². The van der Waals surface area contributed by atoms with Crippen molar-refractivity contribution >= 4 is 28.9 Å².